The van der Waals surface area contributed by atoms with E-state index in [0.717, 1.165) is 20.6 Å². The van der Waals surface area contributed by atoms with E-state index in [0.29, 0.717) is 9.79 Å². The van der Waals surface area contributed by atoms with Gasteiger partial charge in [0.15, 0.2) is 0 Å². The minimum absolute atomic E-state index is 0.706. The van der Waals surface area contributed by atoms with Gasteiger partial charge in [-0.25, -0.2) is 8.42 Å². The van der Waals surface area contributed by atoms with Gasteiger partial charge in [0.2, 0.25) is 0 Å². The van der Waals surface area contributed by atoms with E-state index in [9.17, 15) is 8.42 Å². The van der Waals surface area contributed by atoms with Crippen molar-refractivity contribution in [3.63, 3.8) is 0 Å². The zero-order valence-corrected chi connectivity index (χ0v) is 9.95. The normalized spacial score (nSPS) is 24.3. The molecular weight excluding hydrogens is 248 g/mol. The van der Waals surface area contributed by atoms with Gasteiger partial charge >= 0.3 is 0 Å². The molecule has 1 aliphatic rings. The molecule has 76 valence electrons. The maximum atomic E-state index is 11.6. The molecule has 0 amide bonds. The Morgan fingerprint density at radius 2 is 1.33 bits per heavy atom. The van der Waals surface area contributed by atoms with Crippen molar-refractivity contribution in [2.75, 3.05) is 0 Å². The van der Waals surface area contributed by atoms with Gasteiger partial charge in [-0.1, -0.05) is 24.3 Å². The Bertz CT molecular complexity index is 554. The second kappa shape index (κ2) is 3.43. The van der Waals surface area contributed by atoms with Crippen molar-refractivity contribution in [2.45, 2.75) is 9.79 Å². The highest BCUT2D eigenvalue weighted by Gasteiger charge is 2.26. The van der Waals surface area contributed by atoms with Crippen LogP contribution < -0.4 is 0 Å². The molecule has 0 radical (unpaired) electrons. The number of fused-ring (bicyclic) bond motifs is 2. The van der Waals surface area contributed by atoms with Gasteiger partial charge in [-0.2, -0.15) is 0 Å². The van der Waals surface area contributed by atoms with Crippen LogP contribution in [0.1, 0.15) is 0 Å². The second-order valence-corrected chi connectivity index (χ2v) is 8.59. The van der Waals surface area contributed by atoms with Crippen molar-refractivity contribution >= 4 is 40.3 Å². The van der Waals surface area contributed by atoms with Crippen LogP contribution in [0.25, 0.3) is 10.8 Å². The Morgan fingerprint density at radius 3 is 1.80 bits per heavy atom. The first-order chi connectivity index (χ1) is 7.25. The summed E-state index contributed by atoms with van der Waals surface area (Å²) in [7, 11) is -1.33. The van der Waals surface area contributed by atoms with E-state index in [4.69, 9.17) is 0 Å². The standard InChI is InChI=1S/C10H6O2S3/c11-14-9-5-7-3-1-2-4-8(7)6-10(9)15(12)13-14/h1-6H. The number of hydrogen-bond donors (Lipinski definition) is 0. The maximum absolute atomic E-state index is 11.6. The smallest absolute Gasteiger partial charge is 0.127 e. The SMILES string of the molecule is O=S1SS(=O)c2cc3ccccc3cc21. The summed E-state index contributed by atoms with van der Waals surface area (Å²) in [5, 5.41) is 2.09. The molecule has 5 heteroatoms. The van der Waals surface area contributed by atoms with Crippen LogP contribution in [0.5, 0.6) is 0 Å². The van der Waals surface area contributed by atoms with Gasteiger partial charge in [0.05, 0.1) is 19.6 Å². The summed E-state index contributed by atoms with van der Waals surface area (Å²) in [5.74, 6) is 0. The lowest BCUT2D eigenvalue weighted by Gasteiger charge is -1.99. The molecule has 2 aromatic rings. The predicted molar refractivity (Wildman–Crippen MR) is 64.4 cm³/mol. The average Bonchev–Trinajstić information content (AvgIpc) is 2.52. The lowest BCUT2D eigenvalue weighted by atomic mass is 10.1. The molecule has 2 nitrogen and oxygen atoms in total. The summed E-state index contributed by atoms with van der Waals surface area (Å²) < 4.78 is 23.2. The molecule has 3 rings (SSSR count). The van der Waals surface area contributed by atoms with Crippen molar-refractivity contribution in [3.05, 3.63) is 36.4 Å². The fourth-order valence-corrected chi connectivity index (χ4v) is 7.44. The van der Waals surface area contributed by atoms with Gasteiger partial charge in [0, 0.05) is 0 Å². The number of hydrogen-bond acceptors (Lipinski definition) is 3. The van der Waals surface area contributed by atoms with Gasteiger partial charge in [0.1, 0.15) is 19.7 Å². The van der Waals surface area contributed by atoms with Crippen molar-refractivity contribution in [1.82, 2.24) is 0 Å². The van der Waals surface area contributed by atoms with Gasteiger partial charge in [0.25, 0.3) is 0 Å². The number of rotatable bonds is 0. The molecule has 0 aromatic heterocycles. The van der Waals surface area contributed by atoms with Gasteiger partial charge in [-0.15, -0.1) is 0 Å². The van der Waals surface area contributed by atoms with Crippen LogP contribution in [0.3, 0.4) is 0 Å². The van der Waals surface area contributed by atoms with Crippen LogP contribution in [0, 0.1) is 0 Å². The van der Waals surface area contributed by atoms with Gasteiger partial charge in [-0.05, 0) is 22.9 Å². The molecule has 0 saturated carbocycles. The average molecular weight is 254 g/mol. The van der Waals surface area contributed by atoms with E-state index < -0.39 is 19.7 Å². The molecular formula is C10H6O2S3. The quantitative estimate of drug-likeness (QED) is 0.678. The van der Waals surface area contributed by atoms with Crippen molar-refractivity contribution in [3.8, 4) is 0 Å². The summed E-state index contributed by atoms with van der Waals surface area (Å²) in [6.45, 7) is 0. The number of benzene rings is 2. The molecule has 0 aliphatic carbocycles. The van der Waals surface area contributed by atoms with Crippen LogP contribution >= 0.6 is 9.83 Å². The zero-order chi connectivity index (χ0) is 10.4. The Balaban J connectivity index is 2.41. The first-order valence-electron chi connectivity index (χ1n) is 4.31. The molecule has 1 aliphatic heterocycles. The third kappa shape index (κ3) is 1.46. The Labute approximate surface area is 94.8 Å². The van der Waals surface area contributed by atoms with Crippen LogP contribution in [0.15, 0.2) is 46.2 Å². The van der Waals surface area contributed by atoms with Crippen LogP contribution in [0.2, 0.25) is 0 Å². The Morgan fingerprint density at radius 1 is 0.867 bits per heavy atom. The Kier molecular flexibility index (Phi) is 2.19. The van der Waals surface area contributed by atoms with E-state index in [1.54, 1.807) is 0 Å². The summed E-state index contributed by atoms with van der Waals surface area (Å²) in [5.41, 5.74) is 0. The van der Waals surface area contributed by atoms with E-state index in [1.165, 1.54) is 0 Å². The third-order valence-electron chi connectivity index (χ3n) is 2.29. The zero-order valence-electron chi connectivity index (χ0n) is 7.51. The van der Waals surface area contributed by atoms with Crippen LogP contribution in [0.4, 0.5) is 0 Å². The molecule has 0 fully saturated rings. The lowest BCUT2D eigenvalue weighted by Crippen LogP contribution is -1.84. The molecule has 2 aromatic carbocycles. The Hall–Kier alpha value is -0.650. The second-order valence-electron chi connectivity index (χ2n) is 3.18. The molecule has 15 heavy (non-hydrogen) atoms. The highest BCUT2D eigenvalue weighted by atomic mass is 33.5. The highest BCUT2D eigenvalue weighted by molar-refractivity contribution is 9.02. The molecule has 0 spiro atoms. The predicted octanol–water partition coefficient (Wildman–Crippen LogP) is 2.63. The highest BCUT2D eigenvalue weighted by Crippen LogP contribution is 2.40. The molecule has 2 unspecified atom stereocenters. The summed E-state index contributed by atoms with van der Waals surface area (Å²) >= 11 is 0. The lowest BCUT2D eigenvalue weighted by molar-refractivity contribution is 0.687. The van der Waals surface area contributed by atoms with Crippen molar-refractivity contribution in [2.24, 2.45) is 0 Å². The molecule has 2 atom stereocenters. The van der Waals surface area contributed by atoms with Gasteiger partial charge < -0.3 is 0 Å². The molecule has 0 saturated heterocycles. The van der Waals surface area contributed by atoms with E-state index >= 15 is 0 Å². The molecule has 0 N–H and O–H groups in total. The summed E-state index contributed by atoms with van der Waals surface area (Å²) in [6, 6.07) is 11.6. The minimum atomic E-state index is -1.17. The van der Waals surface area contributed by atoms with E-state index in [1.807, 2.05) is 36.4 Å². The fraction of sp³-hybridized carbons (Fsp3) is 0. The molecule has 1 heterocycles. The largest absolute Gasteiger partial charge is 0.242 e. The summed E-state index contributed by atoms with van der Waals surface area (Å²) in [6.07, 6.45) is 0. The third-order valence-corrected chi connectivity index (χ3v) is 8.11. The first kappa shape index (κ1) is 9.57. The topological polar surface area (TPSA) is 34.1 Å². The first-order valence-corrected chi connectivity index (χ1v) is 8.46. The van der Waals surface area contributed by atoms with Crippen molar-refractivity contribution < 1.29 is 8.42 Å². The fourth-order valence-electron chi connectivity index (χ4n) is 1.59. The minimum Gasteiger partial charge on any atom is -0.242 e. The van der Waals surface area contributed by atoms with Crippen molar-refractivity contribution in [1.29, 1.82) is 0 Å². The molecule has 0 bridgehead atoms. The monoisotopic (exact) mass is 254 g/mol. The van der Waals surface area contributed by atoms with Crippen LogP contribution in [-0.2, 0) is 19.7 Å². The summed E-state index contributed by atoms with van der Waals surface area (Å²) in [4.78, 5) is 1.41. The van der Waals surface area contributed by atoms with Crippen LogP contribution in [-0.4, -0.2) is 8.42 Å². The van der Waals surface area contributed by atoms with E-state index in [2.05, 4.69) is 0 Å². The van der Waals surface area contributed by atoms with Gasteiger partial charge in [-0.3, -0.25) is 0 Å². The maximum Gasteiger partial charge on any atom is 0.127 e. The van der Waals surface area contributed by atoms with E-state index in [-0.39, 0.29) is 0 Å².